The Morgan fingerprint density at radius 2 is 2.08 bits per heavy atom. The van der Waals surface area contributed by atoms with Gasteiger partial charge in [-0.1, -0.05) is 20.3 Å². The van der Waals surface area contributed by atoms with Crippen molar-refractivity contribution in [2.24, 2.45) is 5.41 Å². The Kier molecular flexibility index (Phi) is 3.97. The molecule has 0 heterocycles. The van der Waals surface area contributed by atoms with E-state index >= 15 is 0 Å². The smallest absolute Gasteiger partial charge is 0.166 e. The standard InChI is InChI=1S/C10H20N2S/c1-3-4-7-11-9(13)12-8-10(2)5-6-10/h3-8H2,1-2H3,(H2,11,12,13). The van der Waals surface area contributed by atoms with Crippen molar-refractivity contribution >= 4 is 17.3 Å². The van der Waals surface area contributed by atoms with Crippen LogP contribution in [0.2, 0.25) is 0 Å². The number of hydrogen-bond acceptors (Lipinski definition) is 1. The third-order valence-electron chi connectivity index (χ3n) is 2.60. The minimum atomic E-state index is 0.538. The van der Waals surface area contributed by atoms with Crippen molar-refractivity contribution in [1.29, 1.82) is 0 Å². The van der Waals surface area contributed by atoms with E-state index in [1.807, 2.05) is 0 Å². The summed E-state index contributed by atoms with van der Waals surface area (Å²) < 4.78 is 0. The lowest BCUT2D eigenvalue weighted by atomic mass is 10.1. The van der Waals surface area contributed by atoms with E-state index in [1.165, 1.54) is 25.7 Å². The van der Waals surface area contributed by atoms with Gasteiger partial charge < -0.3 is 10.6 Å². The largest absolute Gasteiger partial charge is 0.363 e. The fourth-order valence-corrected chi connectivity index (χ4v) is 1.30. The van der Waals surface area contributed by atoms with Crippen molar-refractivity contribution in [1.82, 2.24) is 10.6 Å². The zero-order valence-corrected chi connectivity index (χ0v) is 9.47. The highest BCUT2D eigenvalue weighted by atomic mass is 32.1. The maximum absolute atomic E-state index is 5.14. The molecule has 1 fully saturated rings. The molecule has 2 N–H and O–H groups in total. The van der Waals surface area contributed by atoms with Crippen LogP contribution >= 0.6 is 12.2 Å². The van der Waals surface area contributed by atoms with Crippen LogP contribution in [0, 0.1) is 5.41 Å². The highest BCUT2D eigenvalue weighted by Crippen LogP contribution is 2.43. The summed E-state index contributed by atoms with van der Waals surface area (Å²) in [6.07, 6.45) is 5.10. The fourth-order valence-electron chi connectivity index (χ4n) is 1.13. The lowest BCUT2D eigenvalue weighted by Crippen LogP contribution is -2.38. The monoisotopic (exact) mass is 200 g/mol. The average molecular weight is 200 g/mol. The number of unbranched alkanes of at least 4 members (excludes halogenated alkanes) is 1. The fraction of sp³-hybridized carbons (Fsp3) is 0.900. The van der Waals surface area contributed by atoms with E-state index in [0.29, 0.717) is 5.41 Å². The first-order valence-electron chi connectivity index (χ1n) is 5.18. The molecule has 0 atom stereocenters. The molecule has 1 aliphatic rings. The molecule has 1 aliphatic carbocycles. The summed E-state index contributed by atoms with van der Waals surface area (Å²) in [5.74, 6) is 0. The molecular weight excluding hydrogens is 180 g/mol. The quantitative estimate of drug-likeness (QED) is 0.525. The molecule has 1 saturated carbocycles. The summed E-state index contributed by atoms with van der Waals surface area (Å²) in [6.45, 7) is 6.52. The van der Waals surface area contributed by atoms with Gasteiger partial charge in [0.2, 0.25) is 0 Å². The van der Waals surface area contributed by atoms with Gasteiger partial charge in [-0.05, 0) is 36.9 Å². The molecule has 0 aliphatic heterocycles. The van der Waals surface area contributed by atoms with Crippen LogP contribution in [0.3, 0.4) is 0 Å². The second-order valence-electron chi connectivity index (χ2n) is 4.27. The second kappa shape index (κ2) is 4.80. The summed E-state index contributed by atoms with van der Waals surface area (Å²) in [5.41, 5.74) is 0.538. The lowest BCUT2D eigenvalue weighted by molar-refractivity contribution is 0.552. The normalized spacial score (nSPS) is 18.0. The van der Waals surface area contributed by atoms with Crippen molar-refractivity contribution in [3.63, 3.8) is 0 Å². The Morgan fingerprint density at radius 3 is 2.62 bits per heavy atom. The lowest BCUT2D eigenvalue weighted by Gasteiger charge is -2.13. The van der Waals surface area contributed by atoms with Crippen LogP contribution in [-0.4, -0.2) is 18.2 Å². The van der Waals surface area contributed by atoms with Crippen LogP contribution in [0.5, 0.6) is 0 Å². The molecule has 76 valence electrons. The predicted octanol–water partition coefficient (Wildman–Crippen LogP) is 2.05. The molecule has 2 nitrogen and oxygen atoms in total. The molecule has 0 aromatic heterocycles. The number of thiocarbonyl (C=S) groups is 1. The molecule has 0 unspecified atom stereocenters. The first-order valence-corrected chi connectivity index (χ1v) is 5.59. The van der Waals surface area contributed by atoms with Gasteiger partial charge in [-0.3, -0.25) is 0 Å². The van der Waals surface area contributed by atoms with Gasteiger partial charge in [0.1, 0.15) is 0 Å². The van der Waals surface area contributed by atoms with E-state index in [4.69, 9.17) is 12.2 Å². The van der Waals surface area contributed by atoms with Crippen LogP contribution in [0.15, 0.2) is 0 Å². The van der Waals surface area contributed by atoms with Crippen LogP contribution in [-0.2, 0) is 0 Å². The molecule has 0 radical (unpaired) electrons. The van der Waals surface area contributed by atoms with E-state index in [2.05, 4.69) is 24.5 Å². The average Bonchev–Trinajstić information content (AvgIpc) is 2.82. The van der Waals surface area contributed by atoms with E-state index in [0.717, 1.165) is 18.2 Å². The highest BCUT2D eigenvalue weighted by molar-refractivity contribution is 7.80. The Balaban J connectivity index is 1.97. The summed E-state index contributed by atoms with van der Waals surface area (Å²) in [6, 6.07) is 0. The van der Waals surface area contributed by atoms with Gasteiger partial charge in [0.25, 0.3) is 0 Å². The SMILES string of the molecule is CCCCNC(=S)NCC1(C)CC1. The van der Waals surface area contributed by atoms with Gasteiger partial charge in [-0.15, -0.1) is 0 Å². The second-order valence-corrected chi connectivity index (χ2v) is 4.68. The van der Waals surface area contributed by atoms with Crippen molar-refractivity contribution in [2.75, 3.05) is 13.1 Å². The van der Waals surface area contributed by atoms with Gasteiger partial charge in [0.15, 0.2) is 5.11 Å². The van der Waals surface area contributed by atoms with Gasteiger partial charge in [-0.25, -0.2) is 0 Å². The van der Waals surface area contributed by atoms with E-state index in [1.54, 1.807) is 0 Å². The third-order valence-corrected chi connectivity index (χ3v) is 2.88. The molecule has 0 aromatic carbocycles. The molecule has 13 heavy (non-hydrogen) atoms. The minimum absolute atomic E-state index is 0.538. The molecule has 0 saturated heterocycles. The topological polar surface area (TPSA) is 24.1 Å². The molecule has 0 aromatic rings. The van der Waals surface area contributed by atoms with Crippen molar-refractivity contribution in [3.05, 3.63) is 0 Å². The van der Waals surface area contributed by atoms with Crippen LogP contribution in [0.1, 0.15) is 39.5 Å². The third kappa shape index (κ3) is 4.46. The first kappa shape index (κ1) is 10.8. The summed E-state index contributed by atoms with van der Waals surface area (Å²) in [4.78, 5) is 0. The van der Waals surface area contributed by atoms with Gasteiger partial charge in [-0.2, -0.15) is 0 Å². The molecule has 0 bridgehead atoms. The number of hydrogen-bond donors (Lipinski definition) is 2. The van der Waals surface area contributed by atoms with Crippen LogP contribution < -0.4 is 10.6 Å². The maximum Gasteiger partial charge on any atom is 0.166 e. The number of rotatable bonds is 5. The van der Waals surface area contributed by atoms with Crippen LogP contribution in [0.25, 0.3) is 0 Å². The van der Waals surface area contributed by atoms with E-state index < -0.39 is 0 Å². The Morgan fingerprint density at radius 1 is 1.38 bits per heavy atom. The van der Waals surface area contributed by atoms with E-state index in [9.17, 15) is 0 Å². The van der Waals surface area contributed by atoms with Crippen molar-refractivity contribution in [2.45, 2.75) is 39.5 Å². The minimum Gasteiger partial charge on any atom is -0.363 e. The molecule has 0 spiro atoms. The predicted molar refractivity (Wildman–Crippen MR) is 60.9 cm³/mol. The van der Waals surface area contributed by atoms with Crippen molar-refractivity contribution in [3.8, 4) is 0 Å². The van der Waals surface area contributed by atoms with E-state index in [-0.39, 0.29) is 0 Å². The zero-order valence-electron chi connectivity index (χ0n) is 8.65. The summed E-state index contributed by atoms with van der Waals surface area (Å²) in [5, 5.41) is 7.29. The molecule has 1 rings (SSSR count). The molecular formula is C10H20N2S. The highest BCUT2D eigenvalue weighted by Gasteiger charge is 2.36. The Labute approximate surface area is 86.5 Å². The first-order chi connectivity index (χ1) is 6.16. The molecule has 3 heteroatoms. The van der Waals surface area contributed by atoms with Gasteiger partial charge in [0.05, 0.1) is 0 Å². The zero-order chi connectivity index (χ0) is 9.73. The van der Waals surface area contributed by atoms with Gasteiger partial charge in [0, 0.05) is 13.1 Å². The molecule has 0 amide bonds. The summed E-state index contributed by atoms with van der Waals surface area (Å²) >= 11 is 5.14. The summed E-state index contributed by atoms with van der Waals surface area (Å²) in [7, 11) is 0. The van der Waals surface area contributed by atoms with Gasteiger partial charge >= 0.3 is 0 Å². The van der Waals surface area contributed by atoms with Crippen molar-refractivity contribution < 1.29 is 0 Å². The Bertz CT molecular complexity index is 176. The maximum atomic E-state index is 5.14. The van der Waals surface area contributed by atoms with Crippen LogP contribution in [0.4, 0.5) is 0 Å². The number of nitrogens with one attached hydrogen (secondary N) is 2. The Hall–Kier alpha value is -0.310.